The first-order chi connectivity index (χ1) is 14.8. The van der Waals surface area contributed by atoms with E-state index in [0.717, 1.165) is 23.2 Å². The number of hydrogen-bond donors (Lipinski definition) is 1. The average molecular weight is 426 g/mol. The van der Waals surface area contributed by atoms with Crippen LogP contribution in [0.4, 0.5) is 16.3 Å². The fourth-order valence-corrected chi connectivity index (χ4v) is 3.92. The van der Waals surface area contributed by atoms with Crippen molar-refractivity contribution in [3.8, 4) is 0 Å². The predicted molar refractivity (Wildman–Crippen MR) is 120 cm³/mol. The van der Waals surface area contributed by atoms with Gasteiger partial charge in [0.2, 0.25) is 0 Å². The number of piperazine rings is 1. The van der Waals surface area contributed by atoms with Gasteiger partial charge in [-0.15, -0.1) is 0 Å². The maximum Gasteiger partial charge on any atom is 0.358 e. The Kier molecular flexibility index (Phi) is 7.09. The molecule has 0 aliphatic carbocycles. The number of urea groups is 1. The van der Waals surface area contributed by atoms with Crippen LogP contribution in [-0.4, -0.2) is 59.7 Å². The molecular weight excluding hydrogens is 394 g/mol. The van der Waals surface area contributed by atoms with Gasteiger partial charge in [0, 0.05) is 25.3 Å². The smallest absolute Gasteiger partial charge is 0.358 e. The van der Waals surface area contributed by atoms with Crippen LogP contribution in [0.15, 0.2) is 30.6 Å². The van der Waals surface area contributed by atoms with Crippen molar-refractivity contribution in [2.45, 2.75) is 40.2 Å². The molecule has 1 unspecified atom stereocenters. The molecule has 1 atom stereocenters. The molecule has 0 radical (unpaired) electrons. The first-order valence-electron chi connectivity index (χ1n) is 10.7. The molecule has 1 aliphatic rings. The maximum atomic E-state index is 13.2. The second-order valence-corrected chi connectivity index (χ2v) is 8.09. The van der Waals surface area contributed by atoms with E-state index in [0.29, 0.717) is 25.5 Å². The van der Waals surface area contributed by atoms with Crippen LogP contribution in [0.3, 0.4) is 0 Å². The van der Waals surface area contributed by atoms with E-state index in [-0.39, 0.29) is 23.7 Å². The summed E-state index contributed by atoms with van der Waals surface area (Å²) in [4.78, 5) is 37.4. The third-order valence-corrected chi connectivity index (χ3v) is 5.78. The third-order valence-electron chi connectivity index (χ3n) is 5.78. The van der Waals surface area contributed by atoms with E-state index in [4.69, 9.17) is 0 Å². The summed E-state index contributed by atoms with van der Waals surface area (Å²) in [5.41, 5.74) is 3.28. The highest BCUT2D eigenvalue weighted by Gasteiger charge is 2.33. The van der Waals surface area contributed by atoms with E-state index in [9.17, 15) is 9.59 Å². The molecule has 0 spiro atoms. The molecule has 1 aromatic heterocycles. The second-order valence-electron chi connectivity index (χ2n) is 8.09. The topological polar surface area (TPSA) is 87.7 Å². The van der Waals surface area contributed by atoms with Crippen molar-refractivity contribution in [2.75, 3.05) is 37.0 Å². The molecule has 0 bridgehead atoms. The molecule has 1 N–H and O–H groups in total. The largest absolute Gasteiger partial charge is 0.464 e. The van der Waals surface area contributed by atoms with Gasteiger partial charge in [-0.3, -0.25) is 0 Å². The zero-order valence-electron chi connectivity index (χ0n) is 18.9. The lowest BCUT2D eigenvalue weighted by molar-refractivity contribution is 0.0593. The fraction of sp³-hybridized carbons (Fsp3) is 0.478. The van der Waals surface area contributed by atoms with E-state index in [1.165, 1.54) is 13.3 Å². The van der Waals surface area contributed by atoms with Gasteiger partial charge in [-0.25, -0.2) is 19.6 Å². The lowest BCUT2D eigenvalue weighted by atomic mass is 9.99. The SMILES string of the molecule is CCc1cccc(C)c1NC(=O)N1CCN(c2cnc(C(=O)OC)cn2)CC1C(C)C. The number of nitrogens with one attached hydrogen (secondary N) is 1. The Morgan fingerprint density at radius 2 is 2.00 bits per heavy atom. The number of anilines is 2. The molecule has 3 rings (SSSR count). The number of aryl methyl sites for hydroxylation is 2. The number of benzene rings is 1. The Labute approximate surface area is 183 Å². The Balaban J connectivity index is 1.75. The number of amides is 2. The molecule has 2 heterocycles. The third kappa shape index (κ3) is 4.95. The fourth-order valence-electron chi connectivity index (χ4n) is 3.92. The number of ether oxygens (including phenoxy) is 1. The first kappa shape index (κ1) is 22.5. The maximum absolute atomic E-state index is 13.2. The number of carbonyl (C=O) groups excluding carboxylic acids is 2. The molecule has 1 fully saturated rings. The lowest BCUT2D eigenvalue weighted by Gasteiger charge is -2.43. The van der Waals surface area contributed by atoms with Crippen molar-refractivity contribution < 1.29 is 14.3 Å². The van der Waals surface area contributed by atoms with Gasteiger partial charge >= 0.3 is 12.0 Å². The summed E-state index contributed by atoms with van der Waals surface area (Å²) >= 11 is 0. The Morgan fingerprint density at radius 1 is 1.23 bits per heavy atom. The van der Waals surface area contributed by atoms with Crippen LogP contribution >= 0.6 is 0 Å². The van der Waals surface area contributed by atoms with Crippen LogP contribution < -0.4 is 10.2 Å². The van der Waals surface area contributed by atoms with Gasteiger partial charge in [0.05, 0.1) is 25.5 Å². The molecule has 1 aliphatic heterocycles. The molecule has 0 saturated carbocycles. The van der Waals surface area contributed by atoms with Crippen LogP contribution in [0.5, 0.6) is 0 Å². The van der Waals surface area contributed by atoms with E-state index < -0.39 is 5.97 Å². The van der Waals surface area contributed by atoms with Crippen LogP contribution in [0.25, 0.3) is 0 Å². The summed E-state index contributed by atoms with van der Waals surface area (Å²) < 4.78 is 4.68. The van der Waals surface area contributed by atoms with Crippen molar-refractivity contribution in [3.05, 3.63) is 47.4 Å². The van der Waals surface area contributed by atoms with Crippen molar-refractivity contribution in [1.82, 2.24) is 14.9 Å². The Hall–Kier alpha value is -3.16. The molecule has 2 amide bonds. The average Bonchev–Trinajstić information content (AvgIpc) is 2.79. The van der Waals surface area contributed by atoms with Crippen LogP contribution in [0.2, 0.25) is 0 Å². The molecule has 1 aromatic carbocycles. The minimum absolute atomic E-state index is 0.0185. The van der Waals surface area contributed by atoms with Crippen molar-refractivity contribution in [2.24, 2.45) is 5.92 Å². The molecule has 8 heteroatoms. The number of rotatable bonds is 5. The number of hydrogen-bond acceptors (Lipinski definition) is 6. The summed E-state index contributed by atoms with van der Waals surface area (Å²) in [5, 5.41) is 3.15. The Bertz CT molecular complexity index is 929. The summed E-state index contributed by atoms with van der Waals surface area (Å²) in [5.74, 6) is 0.437. The zero-order chi connectivity index (χ0) is 22.5. The molecule has 31 heavy (non-hydrogen) atoms. The molecular formula is C23H31N5O3. The molecule has 166 valence electrons. The van der Waals surface area contributed by atoms with Crippen molar-refractivity contribution in [3.63, 3.8) is 0 Å². The highest BCUT2D eigenvalue weighted by molar-refractivity contribution is 5.91. The lowest BCUT2D eigenvalue weighted by Crippen LogP contribution is -2.58. The summed E-state index contributed by atoms with van der Waals surface area (Å²) in [7, 11) is 1.32. The van der Waals surface area contributed by atoms with E-state index in [1.54, 1.807) is 6.20 Å². The number of nitrogens with zero attached hydrogens (tertiary/aromatic N) is 4. The van der Waals surface area contributed by atoms with Crippen molar-refractivity contribution in [1.29, 1.82) is 0 Å². The minimum Gasteiger partial charge on any atom is -0.464 e. The van der Waals surface area contributed by atoms with Crippen LogP contribution in [-0.2, 0) is 11.2 Å². The number of para-hydroxylation sites is 1. The van der Waals surface area contributed by atoms with Crippen LogP contribution in [0, 0.1) is 12.8 Å². The van der Waals surface area contributed by atoms with Gasteiger partial charge in [-0.1, -0.05) is 39.0 Å². The molecule has 8 nitrogen and oxygen atoms in total. The summed E-state index contributed by atoms with van der Waals surface area (Å²) in [6, 6.07) is 6.03. The normalized spacial score (nSPS) is 16.4. The quantitative estimate of drug-likeness (QED) is 0.738. The van der Waals surface area contributed by atoms with Gasteiger partial charge in [-0.2, -0.15) is 0 Å². The predicted octanol–water partition coefficient (Wildman–Crippen LogP) is 3.51. The zero-order valence-corrected chi connectivity index (χ0v) is 18.9. The second kappa shape index (κ2) is 9.76. The highest BCUT2D eigenvalue weighted by Crippen LogP contribution is 2.25. The van der Waals surface area contributed by atoms with Gasteiger partial charge in [0.25, 0.3) is 0 Å². The summed E-state index contributed by atoms with van der Waals surface area (Å²) in [6.07, 6.45) is 3.87. The van der Waals surface area contributed by atoms with Gasteiger partial charge in [0.1, 0.15) is 5.82 Å². The molecule has 2 aromatic rings. The number of aromatic nitrogens is 2. The summed E-state index contributed by atoms with van der Waals surface area (Å²) in [6.45, 7) is 10.2. The van der Waals surface area contributed by atoms with Crippen LogP contribution in [0.1, 0.15) is 42.4 Å². The number of esters is 1. The van der Waals surface area contributed by atoms with Gasteiger partial charge < -0.3 is 19.9 Å². The number of methoxy groups -OCH3 is 1. The van der Waals surface area contributed by atoms with Gasteiger partial charge in [0.15, 0.2) is 5.69 Å². The minimum atomic E-state index is -0.511. The highest BCUT2D eigenvalue weighted by atomic mass is 16.5. The Morgan fingerprint density at radius 3 is 2.61 bits per heavy atom. The first-order valence-corrected chi connectivity index (χ1v) is 10.7. The van der Waals surface area contributed by atoms with E-state index in [2.05, 4.69) is 51.8 Å². The molecule has 1 saturated heterocycles. The van der Waals surface area contributed by atoms with E-state index in [1.807, 2.05) is 24.0 Å². The van der Waals surface area contributed by atoms with Gasteiger partial charge in [-0.05, 0) is 30.4 Å². The van der Waals surface area contributed by atoms with E-state index >= 15 is 0 Å². The number of carbonyl (C=O) groups is 2. The standard InChI is InChI=1S/C23H31N5O3/c1-6-17-9-7-8-16(4)21(17)26-23(30)28-11-10-27(14-19(28)15(2)3)20-13-24-18(12-25-20)22(29)31-5/h7-9,12-13,15,19H,6,10-11,14H2,1-5H3,(H,26,30). The monoisotopic (exact) mass is 425 g/mol. The van der Waals surface area contributed by atoms with Crippen molar-refractivity contribution >= 4 is 23.5 Å².